The number of aromatic nitrogens is 1. The third-order valence-electron chi connectivity index (χ3n) is 3.57. The molecule has 0 aliphatic rings. The van der Waals surface area contributed by atoms with Gasteiger partial charge in [0.05, 0.1) is 10.7 Å². The zero-order valence-corrected chi connectivity index (χ0v) is 13.7. The number of thiazole rings is 1. The van der Waals surface area contributed by atoms with Crippen LogP contribution >= 0.6 is 11.3 Å². The molecule has 0 aliphatic heterocycles. The summed E-state index contributed by atoms with van der Waals surface area (Å²) in [4.78, 5) is 6.24. The van der Waals surface area contributed by atoms with E-state index in [1.807, 2.05) is 18.4 Å². The molecule has 0 fully saturated rings. The Bertz CT molecular complexity index is 549. The lowest BCUT2D eigenvalue weighted by Gasteiger charge is -2.03. The molecule has 3 heteroatoms. The van der Waals surface area contributed by atoms with Gasteiger partial charge in [0.15, 0.2) is 0 Å². The Morgan fingerprint density at radius 2 is 2.00 bits per heavy atom. The topological polar surface area (TPSA) is 24.9 Å². The van der Waals surface area contributed by atoms with E-state index in [2.05, 4.69) is 44.3 Å². The molecule has 2 rings (SSSR count). The third kappa shape index (κ3) is 3.68. The SMILES string of the molecule is CCCc1nc(Cc2ccc(C)c(C)c2)sc1CNC. The van der Waals surface area contributed by atoms with E-state index >= 15 is 0 Å². The highest BCUT2D eigenvalue weighted by Gasteiger charge is 2.10. The molecule has 0 radical (unpaired) electrons. The molecule has 1 aromatic carbocycles. The summed E-state index contributed by atoms with van der Waals surface area (Å²) in [7, 11) is 2.00. The number of aryl methyl sites for hydroxylation is 3. The van der Waals surface area contributed by atoms with Crippen LogP contribution in [-0.2, 0) is 19.4 Å². The van der Waals surface area contributed by atoms with Crippen molar-refractivity contribution in [3.63, 3.8) is 0 Å². The molecule has 0 amide bonds. The molecule has 1 aromatic heterocycles. The molecule has 108 valence electrons. The van der Waals surface area contributed by atoms with E-state index in [1.165, 1.54) is 32.3 Å². The normalized spacial score (nSPS) is 11.0. The molecule has 0 bridgehead atoms. The summed E-state index contributed by atoms with van der Waals surface area (Å²) in [5.74, 6) is 0. The van der Waals surface area contributed by atoms with E-state index in [0.717, 1.165) is 25.8 Å². The van der Waals surface area contributed by atoms with Crippen molar-refractivity contribution in [2.75, 3.05) is 7.05 Å². The second-order valence-electron chi connectivity index (χ2n) is 5.35. The predicted octanol–water partition coefficient (Wildman–Crippen LogP) is 4.02. The van der Waals surface area contributed by atoms with Crippen molar-refractivity contribution >= 4 is 11.3 Å². The summed E-state index contributed by atoms with van der Waals surface area (Å²) in [6.45, 7) is 7.48. The van der Waals surface area contributed by atoms with Crippen LogP contribution in [0.3, 0.4) is 0 Å². The summed E-state index contributed by atoms with van der Waals surface area (Å²) in [5, 5.41) is 4.48. The first kappa shape index (κ1) is 15.2. The molecule has 0 unspecified atom stereocenters. The number of benzene rings is 1. The minimum absolute atomic E-state index is 0.930. The summed E-state index contributed by atoms with van der Waals surface area (Å²) < 4.78 is 0. The van der Waals surface area contributed by atoms with Gasteiger partial charge in [-0.3, -0.25) is 0 Å². The van der Waals surface area contributed by atoms with Gasteiger partial charge in [0, 0.05) is 17.8 Å². The highest BCUT2D eigenvalue weighted by molar-refractivity contribution is 7.11. The van der Waals surface area contributed by atoms with E-state index in [9.17, 15) is 0 Å². The van der Waals surface area contributed by atoms with Crippen molar-refractivity contribution in [1.82, 2.24) is 10.3 Å². The van der Waals surface area contributed by atoms with E-state index in [-0.39, 0.29) is 0 Å². The van der Waals surface area contributed by atoms with Crippen molar-refractivity contribution in [3.05, 3.63) is 50.5 Å². The highest BCUT2D eigenvalue weighted by atomic mass is 32.1. The van der Waals surface area contributed by atoms with Crippen LogP contribution < -0.4 is 5.32 Å². The maximum atomic E-state index is 4.84. The first-order valence-corrected chi connectivity index (χ1v) is 8.13. The fraction of sp³-hybridized carbons (Fsp3) is 0.471. The third-order valence-corrected chi connectivity index (χ3v) is 4.67. The van der Waals surface area contributed by atoms with Gasteiger partial charge in [0.1, 0.15) is 0 Å². The van der Waals surface area contributed by atoms with Gasteiger partial charge >= 0.3 is 0 Å². The molecule has 0 saturated heterocycles. The highest BCUT2D eigenvalue weighted by Crippen LogP contribution is 2.23. The minimum atomic E-state index is 0.930. The lowest BCUT2D eigenvalue weighted by atomic mass is 10.0. The summed E-state index contributed by atoms with van der Waals surface area (Å²) >= 11 is 1.86. The van der Waals surface area contributed by atoms with Crippen molar-refractivity contribution < 1.29 is 0 Å². The van der Waals surface area contributed by atoms with Crippen LogP contribution in [0.15, 0.2) is 18.2 Å². The number of nitrogens with zero attached hydrogens (tertiary/aromatic N) is 1. The lowest BCUT2D eigenvalue weighted by Crippen LogP contribution is -2.05. The Kier molecular flexibility index (Phi) is 5.32. The first-order valence-electron chi connectivity index (χ1n) is 7.32. The second-order valence-corrected chi connectivity index (χ2v) is 6.52. The Labute approximate surface area is 126 Å². The molecule has 0 spiro atoms. The van der Waals surface area contributed by atoms with Crippen LogP contribution in [0, 0.1) is 13.8 Å². The Morgan fingerprint density at radius 3 is 2.65 bits per heavy atom. The maximum absolute atomic E-state index is 4.84. The molecule has 2 nitrogen and oxygen atoms in total. The summed E-state index contributed by atoms with van der Waals surface area (Å²) in [6, 6.07) is 6.72. The van der Waals surface area contributed by atoms with Crippen LogP contribution in [-0.4, -0.2) is 12.0 Å². The Balaban J connectivity index is 2.19. The number of rotatable bonds is 6. The maximum Gasteiger partial charge on any atom is 0.0975 e. The molecular weight excluding hydrogens is 264 g/mol. The van der Waals surface area contributed by atoms with Gasteiger partial charge < -0.3 is 5.32 Å². The molecule has 20 heavy (non-hydrogen) atoms. The van der Waals surface area contributed by atoms with E-state index in [4.69, 9.17) is 4.98 Å². The zero-order chi connectivity index (χ0) is 14.5. The lowest BCUT2D eigenvalue weighted by molar-refractivity contribution is 0.796. The summed E-state index contributed by atoms with van der Waals surface area (Å²) in [5.41, 5.74) is 5.37. The smallest absolute Gasteiger partial charge is 0.0975 e. The van der Waals surface area contributed by atoms with Crippen molar-refractivity contribution in [3.8, 4) is 0 Å². The number of hydrogen-bond donors (Lipinski definition) is 1. The molecule has 1 N–H and O–H groups in total. The van der Waals surface area contributed by atoms with Crippen molar-refractivity contribution in [2.24, 2.45) is 0 Å². The number of hydrogen-bond acceptors (Lipinski definition) is 3. The van der Waals surface area contributed by atoms with Crippen molar-refractivity contribution in [1.29, 1.82) is 0 Å². The summed E-state index contributed by atoms with van der Waals surface area (Å²) in [6.07, 6.45) is 3.19. The number of nitrogens with one attached hydrogen (secondary N) is 1. The predicted molar refractivity (Wildman–Crippen MR) is 87.6 cm³/mol. The molecule has 0 atom stereocenters. The molecule has 0 saturated carbocycles. The molecular formula is C17H24N2S. The van der Waals surface area contributed by atoms with Gasteiger partial charge in [-0.1, -0.05) is 31.5 Å². The zero-order valence-electron chi connectivity index (χ0n) is 12.9. The van der Waals surface area contributed by atoms with E-state index in [0.29, 0.717) is 0 Å². The van der Waals surface area contributed by atoms with Crippen LogP contribution in [0.2, 0.25) is 0 Å². The average molecular weight is 288 g/mol. The molecule has 2 aromatic rings. The van der Waals surface area contributed by atoms with Crippen LogP contribution in [0.5, 0.6) is 0 Å². The van der Waals surface area contributed by atoms with Crippen LogP contribution in [0.1, 0.15) is 45.6 Å². The second kappa shape index (κ2) is 7.00. The average Bonchev–Trinajstić information content (AvgIpc) is 2.77. The van der Waals surface area contributed by atoms with Gasteiger partial charge in [-0.15, -0.1) is 11.3 Å². The fourth-order valence-electron chi connectivity index (χ4n) is 2.33. The Hall–Kier alpha value is -1.19. The first-order chi connectivity index (χ1) is 9.63. The van der Waals surface area contributed by atoms with Gasteiger partial charge in [0.25, 0.3) is 0 Å². The van der Waals surface area contributed by atoms with Gasteiger partial charge in [-0.2, -0.15) is 0 Å². The quantitative estimate of drug-likeness (QED) is 0.868. The Morgan fingerprint density at radius 1 is 1.20 bits per heavy atom. The standard InChI is InChI=1S/C17H24N2S/c1-5-6-15-16(11-18-4)20-17(19-15)10-14-8-7-12(2)13(3)9-14/h7-9,18H,5-6,10-11H2,1-4H3. The van der Waals surface area contributed by atoms with Crippen molar-refractivity contribution in [2.45, 2.75) is 46.6 Å². The van der Waals surface area contributed by atoms with Crippen LogP contribution in [0.25, 0.3) is 0 Å². The minimum Gasteiger partial charge on any atom is -0.315 e. The fourth-order valence-corrected chi connectivity index (χ4v) is 3.49. The largest absolute Gasteiger partial charge is 0.315 e. The monoisotopic (exact) mass is 288 g/mol. The van der Waals surface area contributed by atoms with Gasteiger partial charge in [0.2, 0.25) is 0 Å². The molecule has 0 aliphatic carbocycles. The van der Waals surface area contributed by atoms with E-state index < -0.39 is 0 Å². The van der Waals surface area contributed by atoms with Gasteiger partial charge in [-0.05, 0) is 44.0 Å². The van der Waals surface area contributed by atoms with Crippen LogP contribution in [0.4, 0.5) is 0 Å². The van der Waals surface area contributed by atoms with Gasteiger partial charge in [-0.25, -0.2) is 4.98 Å². The van der Waals surface area contributed by atoms with E-state index in [1.54, 1.807) is 0 Å². The molecule has 1 heterocycles.